The van der Waals surface area contributed by atoms with Gasteiger partial charge in [-0.05, 0) is 32.2 Å². The highest BCUT2D eigenvalue weighted by molar-refractivity contribution is 5.74. The molecule has 2 aliphatic rings. The second-order valence-electron chi connectivity index (χ2n) is 5.20. The van der Waals surface area contributed by atoms with Crippen molar-refractivity contribution in [1.82, 2.24) is 15.5 Å². The maximum atomic E-state index is 12.0. The van der Waals surface area contributed by atoms with E-state index in [-0.39, 0.29) is 6.03 Å². The number of urea groups is 1. The lowest BCUT2D eigenvalue weighted by molar-refractivity contribution is 0.200. The molecule has 0 aliphatic carbocycles. The first-order chi connectivity index (χ1) is 8.86. The van der Waals surface area contributed by atoms with Crippen LogP contribution in [0.2, 0.25) is 0 Å². The summed E-state index contributed by atoms with van der Waals surface area (Å²) >= 11 is 0. The van der Waals surface area contributed by atoms with E-state index in [1.54, 1.807) is 0 Å². The van der Waals surface area contributed by atoms with Gasteiger partial charge in [-0.2, -0.15) is 0 Å². The smallest absolute Gasteiger partial charge is 0.317 e. The monoisotopic (exact) mass is 251 g/mol. The average Bonchev–Trinajstić information content (AvgIpc) is 2.69. The van der Waals surface area contributed by atoms with Crippen molar-refractivity contribution in [3.8, 4) is 0 Å². The van der Waals surface area contributed by atoms with Crippen LogP contribution in [0.15, 0.2) is 11.6 Å². The van der Waals surface area contributed by atoms with Crippen molar-refractivity contribution in [2.24, 2.45) is 0 Å². The van der Waals surface area contributed by atoms with Crippen LogP contribution in [-0.2, 0) is 0 Å². The lowest BCUT2D eigenvalue weighted by Crippen LogP contribution is -2.41. The molecule has 0 bridgehead atoms. The van der Waals surface area contributed by atoms with Crippen molar-refractivity contribution in [2.75, 3.05) is 32.7 Å². The number of rotatable bonds is 3. The maximum absolute atomic E-state index is 12.0. The number of nitrogens with zero attached hydrogens (tertiary/aromatic N) is 1. The molecule has 0 atom stereocenters. The number of carbonyl (C=O) groups excluding carboxylic acids is 1. The Morgan fingerprint density at radius 3 is 2.72 bits per heavy atom. The van der Waals surface area contributed by atoms with Gasteiger partial charge in [0.1, 0.15) is 0 Å². The molecule has 2 amide bonds. The summed E-state index contributed by atoms with van der Waals surface area (Å²) in [6.45, 7) is 4.69. The summed E-state index contributed by atoms with van der Waals surface area (Å²) in [6, 6.07) is 0.131. The van der Waals surface area contributed by atoms with Gasteiger partial charge in [0.05, 0.1) is 0 Å². The van der Waals surface area contributed by atoms with Crippen molar-refractivity contribution < 1.29 is 4.79 Å². The van der Waals surface area contributed by atoms with E-state index in [0.717, 1.165) is 58.4 Å². The highest BCUT2D eigenvalue weighted by Gasteiger charge is 2.14. The fraction of sp³-hybridized carbons (Fsp3) is 0.786. The van der Waals surface area contributed by atoms with Gasteiger partial charge in [0, 0.05) is 26.2 Å². The molecule has 1 saturated heterocycles. The van der Waals surface area contributed by atoms with Crippen LogP contribution in [0, 0.1) is 0 Å². The van der Waals surface area contributed by atoms with Crippen LogP contribution in [0.25, 0.3) is 0 Å². The standard InChI is InChI=1S/C14H25N3O/c18-14(17-11-3-1-2-4-12-17)16-10-7-13-5-8-15-9-6-13/h5,15H,1-4,6-12H2,(H,16,18). The van der Waals surface area contributed by atoms with E-state index < -0.39 is 0 Å². The van der Waals surface area contributed by atoms with Crippen molar-refractivity contribution in [1.29, 1.82) is 0 Å². The molecule has 4 nitrogen and oxygen atoms in total. The molecule has 0 aromatic carbocycles. The molecule has 0 spiro atoms. The number of amides is 2. The van der Waals surface area contributed by atoms with Gasteiger partial charge in [-0.25, -0.2) is 4.79 Å². The summed E-state index contributed by atoms with van der Waals surface area (Å²) in [7, 11) is 0. The van der Waals surface area contributed by atoms with Crippen LogP contribution in [0.4, 0.5) is 4.79 Å². The van der Waals surface area contributed by atoms with Gasteiger partial charge in [-0.3, -0.25) is 0 Å². The Balaban J connectivity index is 1.65. The van der Waals surface area contributed by atoms with E-state index in [9.17, 15) is 4.79 Å². The van der Waals surface area contributed by atoms with Crippen molar-refractivity contribution in [2.45, 2.75) is 38.5 Å². The Morgan fingerprint density at radius 2 is 2.06 bits per heavy atom. The molecule has 2 heterocycles. The van der Waals surface area contributed by atoms with Crippen molar-refractivity contribution in [3.05, 3.63) is 11.6 Å². The van der Waals surface area contributed by atoms with Crippen LogP contribution in [0.3, 0.4) is 0 Å². The molecule has 1 fully saturated rings. The molecule has 0 unspecified atom stereocenters. The van der Waals surface area contributed by atoms with Gasteiger partial charge in [0.2, 0.25) is 0 Å². The Hall–Kier alpha value is -1.03. The molecule has 2 rings (SSSR count). The first-order valence-corrected chi connectivity index (χ1v) is 7.27. The highest BCUT2D eigenvalue weighted by Crippen LogP contribution is 2.10. The van der Waals surface area contributed by atoms with E-state index in [0.29, 0.717) is 0 Å². The predicted molar refractivity (Wildman–Crippen MR) is 73.6 cm³/mol. The zero-order chi connectivity index (χ0) is 12.6. The quantitative estimate of drug-likeness (QED) is 0.752. The zero-order valence-corrected chi connectivity index (χ0v) is 11.2. The largest absolute Gasteiger partial charge is 0.338 e. The molecule has 0 radical (unpaired) electrons. The molecule has 2 aliphatic heterocycles. The predicted octanol–water partition coefficient (Wildman–Crippen LogP) is 1.88. The second kappa shape index (κ2) is 7.41. The van der Waals surface area contributed by atoms with Crippen LogP contribution in [0.5, 0.6) is 0 Å². The third kappa shape index (κ3) is 4.33. The van der Waals surface area contributed by atoms with Crippen molar-refractivity contribution in [3.63, 3.8) is 0 Å². The maximum Gasteiger partial charge on any atom is 0.317 e. The molecule has 0 saturated carbocycles. The zero-order valence-electron chi connectivity index (χ0n) is 11.2. The minimum Gasteiger partial charge on any atom is -0.338 e. The van der Waals surface area contributed by atoms with E-state index in [1.807, 2.05) is 4.90 Å². The number of hydrogen-bond acceptors (Lipinski definition) is 2. The van der Waals surface area contributed by atoms with E-state index in [4.69, 9.17) is 0 Å². The normalized spacial score (nSPS) is 21.1. The summed E-state index contributed by atoms with van der Waals surface area (Å²) < 4.78 is 0. The van der Waals surface area contributed by atoms with E-state index in [1.165, 1.54) is 18.4 Å². The summed E-state index contributed by atoms with van der Waals surface area (Å²) in [4.78, 5) is 14.0. The number of carbonyl (C=O) groups is 1. The first kappa shape index (κ1) is 13.4. The Morgan fingerprint density at radius 1 is 1.28 bits per heavy atom. The first-order valence-electron chi connectivity index (χ1n) is 7.27. The molecule has 4 heteroatoms. The molecular weight excluding hydrogens is 226 g/mol. The lowest BCUT2D eigenvalue weighted by Gasteiger charge is -2.21. The van der Waals surface area contributed by atoms with Crippen LogP contribution in [-0.4, -0.2) is 43.7 Å². The van der Waals surface area contributed by atoms with Gasteiger partial charge >= 0.3 is 6.03 Å². The number of likely N-dealkylation sites (tertiary alicyclic amines) is 1. The molecule has 18 heavy (non-hydrogen) atoms. The van der Waals surface area contributed by atoms with Crippen LogP contribution in [0.1, 0.15) is 38.5 Å². The summed E-state index contributed by atoms with van der Waals surface area (Å²) in [5.74, 6) is 0. The highest BCUT2D eigenvalue weighted by atomic mass is 16.2. The van der Waals surface area contributed by atoms with Crippen molar-refractivity contribution >= 4 is 6.03 Å². The third-order valence-corrected chi connectivity index (χ3v) is 3.77. The Bertz CT molecular complexity index is 293. The lowest BCUT2D eigenvalue weighted by atomic mass is 10.1. The van der Waals surface area contributed by atoms with Gasteiger partial charge in [-0.15, -0.1) is 0 Å². The van der Waals surface area contributed by atoms with Gasteiger partial charge in [0.15, 0.2) is 0 Å². The summed E-state index contributed by atoms with van der Waals surface area (Å²) in [5, 5.41) is 6.35. The average molecular weight is 251 g/mol. The fourth-order valence-corrected chi connectivity index (χ4v) is 2.61. The minimum atomic E-state index is 0.131. The summed E-state index contributed by atoms with van der Waals surface area (Å²) in [5.41, 5.74) is 1.48. The molecule has 0 aromatic rings. The minimum absolute atomic E-state index is 0.131. The number of nitrogens with one attached hydrogen (secondary N) is 2. The number of hydrogen-bond donors (Lipinski definition) is 2. The van der Waals surface area contributed by atoms with E-state index >= 15 is 0 Å². The van der Waals surface area contributed by atoms with Gasteiger partial charge in [-0.1, -0.05) is 24.5 Å². The third-order valence-electron chi connectivity index (χ3n) is 3.77. The topological polar surface area (TPSA) is 44.4 Å². The molecule has 2 N–H and O–H groups in total. The second-order valence-corrected chi connectivity index (χ2v) is 5.20. The summed E-state index contributed by atoms with van der Waals surface area (Å²) in [6.07, 6.45) is 9.23. The molecule has 102 valence electrons. The SMILES string of the molecule is O=C(NCCC1=CCNCC1)N1CCCCCC1. The van der Waals surface area contributed by atoms with Gasteiger partial charge < -0.3 is 15.5 Å². The van der Waals surface area contributed by atoms with Crippen LogP contribution < -0.4 is 10.6 Å². The molecule has 0 aromatic heterocycles. The van der Waals surface area contributed by atoms with Gasteiger partial charge in [0.25, 0.3) is 0 Å². The Kier molecular flexibility index (Phi) is 5.52. The van der Waals surface area contributed by atoms with E-state index in [2.05, 4.69) is 16.7 Å². The molecular formula is C14H25N3O. The fourth-order valence-electron chi connectivity index (χ4n) is 2.61. The Labute approximate surface area is 110 Å². The van der Waals surface area contributed by atoms with Crippen LogP contribution >= 0.6 is 0 Å².